The Labute approximate surface area is 54.5 Å². The molecule has 1 fully saturated rings. The SMILES string of the molecule is ClC1C2CC=CCC12. The molecule has 8 heavy (non-hydrogen) atoms. The maximum Gasteiger partial charge on any atom is 0.0404 e. The van der Waals surface area contributed by atoms with Crippen molar-refractivity contribution in [2.45, 2.75) is 18.2 Å². The zero-order valence-electron chi connectivity index (χ0n) is 4.68. The minimum absolute atomic E-state index is 0.519. The summed E-state index contributed by atoms with van der Waals surface area (Å²) in [4.78, 5) is 0. The van der Waals surface area contributed by atoms with Gasteiger partial charge in [-0.25, -0.2) is 0 Å². The highest BCUT2D eigenvalue weighted by molar-refractivity contribution is 6.23. The normalized spacial score (nSPS) is 50.9. The second-order valence-corrected chi connectivity index (χ2v) is 3.22. The molecule has 0 heterocycles. The minimum atomic E-state index is 0.519. The third kappa shape index (κ3) is 0.526. The maximum atomic E-state index is 5.92. The van der Waals surface area contributed by atoms with Crippen LogP contribution in [0.5, 0.6) is 0 Å². The fourth-order valence-electron chi connectivity index (χ4n) is 1.51. The Morgan fingerprint density at radius 1 is 1.12 bits per heavy atom. The third-order valence-corrected chi connectivity index (χ3v) is 2.86. The van der Waals surface area contributed by atoms with E-state index in [1.165, 1.54) is 12.8 Å². The van der Waals surface area contributed by atoms with Gasteiger partial charge in [0.2, 0.25) is 0 Å². The Kier molecular flexibility index (Phi) is 0.916. The first-order valence-electron chi connectivity index (χ1n) is 3.18. The third-order valence-electron chi connectivity index (χ3n) is 2.21. The highest BCUT2D eigenvalue weighted by Gasteiger charge is 2.47. The summed E-state index contributed by atoms with van der Waals surface area (Å²) < 4.78 is 0. The summed E-state index contributed by atoms with van der Waals surface area (Å²) in [6.07, 6.45) is 6.98. The molecule has 0 nitrogen and oxygen atoms in total. The number of hydrogen-bond acceptors (Lipinski definition) is 0. The molecule has 0 spiro atoms. The Balaban J connectivity index is 2.08. The van der Waals surface area contributed by atoms with Gasteiger partial charge in [0.15, 0.2) is 0 Å². The van der Waals surface area contributed by atoms with Crippen LogP contribution in [0, 0.1) is 11.8 Å². The Morgan fingerprint density at radius 3 is 2.00 bits per heavy atom. The maximum absolute atomic E-state index is 5.92. The van der Waals surface area contributed by atoms with Gasteiger partial charge in [-0.15, -0.1) is 11.6 Å². The van der Waals surface area contributed by atoms with Crippen molar-refractivity contribution in [1.82, 2.24) is 0 Å². The fraction of sp³-hybridized carbons (Fsp3) is 0.714. The van der Waals surface area contributed by atoms with Gasteiger partial charge in [-0.1, -0.05) is 12.2 Å². The van der Waals surface area contributed by atoms with Crippen molar-refractivity contribution in [3.05, 3.63) is 12.2 Å². The number of rotatable bonds is 0. The average Bonchev–Trinajstić information content (AvgIpc) is 2.46. The number of halogens is 1. The smallest absolute Gasteiger partial charge is 0.0404 e. The Morgan fingerprint density at radius 2 is 1.62 bits per heavy atom. The first-order chi connectivity index (χ1) is 3.89. The monoisotopic (exact) mass is 128 g/mol. The van der Waals surface area contributed by atoms with Crippen molar-refractivity contribution < 1.29 is 0 Å². The molecule has 1 heteroatoms. The molecule has 0 aromatic rings. The summed E-state index contributed by atoms with van der Waals surface area (Å²) in [7, 11) is 0. The number of alkyl halides is 1. The fourth-order valence-corrected chi connectivity index (χ4v) is 2.01. The van der Waals surface area contributed by atoms with E-state index in [0.717, 1.165) is 11.8 Å². The highest BCUT2D eigenvalue weighted by atomic mass is 35.5. The van der Waals surface area contributed by atoms with Gasteiger partial charge in [-0.3, -0.25) is 0 Å². The van der Waals surface area contributed by atoms with Gasteiger partial charge in [-0.05, 0) is 24.7 Å². The molecule has 0 radical (unpaired) electrons. The van der Waals surface area contributed by atoms with E-state index in [-0.39, 0.29) is 0 Å². The molecule has 0 N–H and O–H groups in total. The van der Waals surface area contributed by atoms with Crippen LogP contribution in [0.2, 0.25) is 0 Å². The van der Waals surface area contributed by atoms with Crippen LogP contribution in [-0.4, -0.2) is 5.38 Å². The summed E-state index contributed by atoms with van der Waals surface area (Å²) >= 11 is 5.92. The van der Waals surface area contributed by atoms with Crippen molar-refractivity contribution in [3.8, 4) is 0 Å². The summed E-state index contributed by atoms with van der Waals surface area (Å²) in [6.45, 7) is 0. The van der Waals surface area contributed by atoms with Crippen molar-refractivity contribution in [3.63, 3.8) is 0 Å². The molecule has 0 saturated heterocycles. The van der Waals surface area contributed by atoms with Crippen LogP contribution < -0.4 is 0 Å². The zero-order valence-corrected chi connectivity index (χ0v) is 5.43. The molecule has 2 rings (SSSR count). The van der Waals surface area contributed by atoms with Crippen LogP contribution in [0.3, 0.4) is 0 Å². The quantitative estimate of drug-likeness (QED) is 0.347. The zero-order chi connectivity index (χ0) is 5.56. The molecule has 2 aliphatic rings. The van der Waals surface area contributed by atoms with Crippen molar-refractivity contribution in [2.75, 3.05) is 0 Å². The molecule has 2 atom stereocenters. The largest absolute Gasteiger partial charge is 0.122 e. The van der Waals surface area contributed by atoms with E-state index >= 15 is 0 Å². The van der Waals surface area contributed by atoms with Crippen LogP contribution in [0.25, 0.3) is 0 Å². The second-order valence-electron chi connectivity index (χ2n) is 2.71. The van der Waals surface area contributed by atoms with Crippen LogP contribution in [0.15, 0.2) is 12.2 Å². The first kappa shape index (κ1) is 4.87. The summed E-state index contributed by atoms with van der Waals surface area (Å²) in [6, 6.07) is 0. The van der Waals surface area contributed by atoms with Gasteiger partial charge in [0.25, 0.3) is 0 Å². The van der Waals surface area contributed by atoms with Crippen molar-refractivity contribution in [1.29, 1.82) is 0 Å². The predicted octanol–water partition coefficient (Wildman–Crippen LogP) is 2.19. The molecular weight excluding hydrogens is 120 g/mol. The predicted molar refractivity (Wildman–Crippen MR) is 35.0 cm³/mol. The highest BCUT2D eigenvalue weighted by Crippen LogP contribution is 2.50. The molecule has 0 aromatic carbocycles. The molecule has 2 aliphatic carbocycles. The van der Waals surface area contributed by atoms with E-state index in [1.807, 2.05) is 0 Å². The standard InChI is InChI=1S/C7H9Cl/c8-7-5-3-1-2-4-6(5)7/h1-2,5-7H,3-4H2. The molecular formula is C7H9Cl. The van der Waals surface area contributed by atoms with E-state index in [1.54, 1.807) is 0 Å². The van der Waals surface area contributed by atoms with Gasteiger partial charge in [-0.2, -0.15) is 0 Å². The molecule has 0 bridgehead atoms. The van der Waals surface area contributed by atoms with E-state index in [4.69, 9.17) is 11.6 Å². The van der Waals surface area contributed by atoms with Gasteiger partial charge >= 0.3 is 0 Å². The van der Waals surface area contributed by atoms with Crippen LogP contribution in [-0.2, 0) is 0 Å². The molecule has 44 valence electrons. The van der Waals surface area contributed by atoms with Gasteiger partial charge in [0.05, 0.1) is 0 Å². The van der Waals surface area contributed by atoms with E-state index in [2.05, 4.69) is 12.2 Å². The van der Waals surface area contributed by atoms with Crippen molar-refractivity contribution in [2.24, 2.45) is 11.8 Å². The number of fused-ring (bicyclic) bond motifs is 1. The topological polar surface area (TPSA) is 0 Å². The summed E-state index contributed by atoms with van der Waals surface area (Å²) in [5.41, 5.74) is 0. The van der Waals surface area contributed by atoms with E-state index in [9.17, 15) is 0 Å². The van der Waals surface area contributed by atoms with Crippen LogP contribution >= 0.6 is 11.6 Å². The Hall–Kier alpha value is 0.0300. The Bertz CT molecular complexity index is 114. The van der Waals surface area contributed by atoms with Crippen LogP contribution in [0.1, 0.15) is 12.8 Å². The lowest BCUT2D eigenvalue weighted by molar-refractivity contribution is 0.689. The average molecular weight is 129 g/mol. The second kappa shape index (κ2) is 1.51. The van der Waals surface area contributed by atoms with E-state index < -0.39 is 0 Å². The van der Waals surface area contributed by atoms with Gasteiger partial charge < -0.3 is 0 Å². The summed E-state index contributed by atoms with van der Waals surface area (Å²) in [5, 5.41) is 0.519. The van der Waals surface area contributed by atoms with E-state index in [0.29, 0.717) is 5.38 Å². The minimum Gasteiger partial charge on any atom is -0.122 e. The molecule has 2 unspecified atom stereocenters. The molecule has 0 aromatic heterocycles. The van der Waals surface area contributed by atoms with Gasteiger partial charge in [0.1, 0.15) is 0 Å². The molecule has 1 saturated carbocycles. The number of allylic oxidation sites excluding steroid dienone is 2. The first-order valence-corrected chi connectivity index (χ1v) is 3.62. The van der Waals surface area contributed by atoms with Crippen LogP contribution in [0.4, 0.5) is 0 Å². The lowest BCUT2D eigenvalue weighted by atomic mass is 10.1. The number of hydrogen-bond donors (Lipinski definition) is 0. The molecule has 0 aliphatic heterocycles. The lowest BCUT2D eigenvalue weighted by Crippen LogP contribution is -1.83. The molecule has 0 amide bonds. The lowest BCUT2D eigenvalue weighted by Gasteiger charge is -1.96. The van der Waals surface area contributed by atoms with Gasteiger partial charge in [0, 0.05) is 5.38 Å². The van der Waals surface area contributed by atoms with Crippen molar-refractivity contribution >= 4 is 11.6 Å². The summed E-state index contributed by atoms with van der Waals surface area (Å²) in [5.74, 6) is 1.70.